The average molecular weight is 403 g/mol. The van der Waals surface area contributed by atoms with Gasteiger partial charge in [0.2, 0.25) is 5.95 Å². The number of rotatable bonds is 4. The second kappa shape index (κ2) is 7.61. The lowest BCUT2D eigenvalue weighted by Gasteiger charge is -2.33. The van der Waals surface area contributed by atoms with Crippen LogP contribution < -0.4 is 10.1 Å². The first kappa shape index (κ1) is 19.6. The van der Waals surface area contributed by atoms with Crippen molar-refractivity contribution in [2.24, 2.45) is 11.8 Å². The molecule has 4 nitrogen and oxygen atoms in total. The molecule has 0 amide bonds. The second-order valence-corrected chi connectivity index (χ2v) is 8.06. The number of imidazole rings is 1. The molecule has 1 heterocycles. The van der Waals surface area contributed by atoms with Crippen molar-refractivity contribution in [2.75, 3.05) is 5.32 Å². The van der Waals surface area contributed by atoms with Gasteiger partial charge in [-0.2, -0.15) is 0 Å². The number of para-hydroxylation sites is 2. The van der Waals surface area contributed by atoms with Crippen LogP contribution in [0.3, 0.4) is 0 Å². The molecule has 2 unspecified atom stereocenters. The zero-order valence-corrected chi connectivity index (χ0v) is 16.4. The van der Waals surface area contributed by atoms with E-state index in [9.17, 15) is 13.2 Å². The molecular weight excluding hydrogens is 379 g/mol. The highest BCUT2D eigenvalue weighted by atomic mass is 19.4. The molecule has 2 atom stereocenters. The van der Waals surface area contributed by atoms with Gasteiger partial charge in [-0.05, 0) is 67.5 Å². The molecule has 2 aromatic carbocycles. The maximum absolute atomic E-state index is 12.4. The van der Waals surface area contributed by atoms with E-state index in [1.807, 2.05) is 18.2 Å². The van der Waals surface area contributed by atoms with Crippen molar-refractivity contribution in [2.45, 2.75) is 45.5 Å². The van der Waals surface area contributed by atoms with Crippen LogP contribution in [0, 0.1) is 11.8 Å². The molecule has 1 aliphatic carbocycles. The predicted molar refractivity (Wildman–Crippen MR) is 107 cm³/mol. The molecule has 0 aliphatic heterocycles. The van der Waals surface area contributed by atoms with Gasteiger partial charge in [0.25, 0.3) is 0 Å². The van der Waals surface area contributed by atoms with Crippen LogP contribution in [0.2, 0.25) is 0 Å². The molecule has 1 aromatic heterocycles. The van der Waals surface area contributed by atoms with Gasteiger partial charge in [-0.15, -0.1) is 13.2 Å². The van der Waals surface area contributed by atoms with E-state index in [0.717, 1.165) is 23.9 Å². The summed E-state index contributed by atoms with van der Waals surface area (Å²) in [6.45, 7) is 4.57. The highest BCUT2D eigenvalue weighted by Crippen LogP contribution is 2.40. The molecule has 1 aliphatic rings. The molecule has 0 spiro atoms. The molecule has 1 N–H and O–H groups in total. The molecule has 1 fully saturated rings. The minimum Gasteiger partial charge on any atom is -0.406 e. The van der Waals surface area contributed by atoms with Crippen LogP contribution in [0.1, 0.15) is 39.2 Å². The maximum Gasteiger partial charge on any atom is 0.573 e. The van der Waals surface area contributed by atoms with E-state index in [-0.39, 0.29) is 5.75 Å². The molecule has 29 heavy (non-hydrogen) atoms. The number of halogens is 3. The summed E-state index contributed by atoms with van der Waals surface area (Å²) in [6, 6.07) is 14.1. The average Bonchev–Trinajstić information content (AvgIpc) is 2.99. The summed E-state index contributed by atoms with van der Waals surface area (Å²) in [5, 5.41) is 3.29. The van der Waals surface area contributed by atoms with Gasteiger partial charge in [-0.1, -0.05) is 26.0 Å². The van der Waals surface area contributed by atoms with Crippen LogP contribution in [0.15, 0.2) is 48.5 Å². The molecule has 0 saturated heterocycles. The Morgan fingerprint density at radius 1 is 0.966 bits per heavy atom. The number of nitrogens with zero attached hydrogens (tertiary/aromatic N) is 2. The van der Waals surface area contributed by atoms with Crippen LogP contribution >= 0.6 is 0 Å². The lowest BCUT2D eigenvalue weighted by atomic mass is 9.80. The Hall–Kier alpha value is -2.70. The van der Waals surface area contributed by atoms with Crippen LogP contribution in [-0.2, 0) is 0 Å². The van der Waals surface area contributed by atoms with E-state index in [1.54, 1.807) is 12.1 Å². The van der Waals surface area contributed by atoms with E-state index >= 15 is 0 Å². The van der Waals surface area contributed by atoms with Crippen molar-refractivity contribution < 1.29 is 17.9 Å². The first-order valence-corrected chi connectivity index (χ1v) is 9.88. The fraction of sp³-hybridized carbons (Fsp3) is 0.409. The summed E-state index contributed by atoms with van der Waals surface area (Å²) in [4.78, 5) is 4.76. The fourth-order valence-corrected chi connectivity index (χ4v) is 4.49. The fourth-order valence-electron chi connectivity index (χ4n) is 4.49. The highest BCUT2D eigenvalue weighted by Gasteiger charge is 2.31. The lowest BCUT2D eigenvalue weighted by molar-refractivity contribution is -0.274. The number of anilines is 2. The largest absolute Gasteiger partial charge is 0.573 e. The predicted octanol–water partition coefficient (Wildman–Crippen LogP) is 6.68. The van der Waals surface area contributed by atoms with Gasteiger partial charge in [0, 0.05) is 11.7 Å². The molecule has 0 radical (unpaired) electrons. The second-order valence-electron chi connectivity index (χ2n) is 8.06. The lowest BCUT2D eigenvalue weighted by Crippen LogP contribution is -2.23. The van der Waals surface area contributed by atoms with Crippen LogP contribution in [0.25, 0.3) is 11.0 Å². The Balaban J connectivity index is 1.65. The van der Waals surface area contributed by atoms with Crippen LogP contribution in [0.5, 0.6) is 5.75 Å². The van der Waals surface area contributed by atoms with Gasteiger partial charge in [0.15, 0.2) is 0 Å². The monoisotopic (exact) mass is 403 g/mol. The molecule has 154 valence electrons. The van der Waals surface area contributed by atoms with E-state index in [4.69, 9.17) is 4.98 Å². The van der Waals surface area contributed by atoms with Crippen molar-refractivity contribution >= 4 is 22.7 Å². The van der Waals surface area contributed by atoms with Crippen molar-refractivity contribution in [3.8, 4) is 5.75 Å². The van der Waals surface area contributed by atoms with E-state index in [0.29, 0.717) is 29.5 Å². The number of benzene rings is 2. The first-order valence-electron chi connectivity index (χ1n) is 9.88. The number of fused-ring (bicyclic) bond motifs is 1. The van der Waals surface area contributed by atoms with Gasteiger partial charge in [-0.3, -0.25) is 0 Å². The number of alkyl halides is 3. The maximum atomic E-state index is 12.4. The quantitative estimate of drug-likeness (QED) is 0.528. The van der Waals surface area contributed by atoms with E-state index in [1.165, 1.54) is 18.6 Å². The summed E-state index contributed by atoms with van der Waals surface area (Å²) in [6.07, 6.45) is -1.31. The van der Waals surface area contributed by atoms with Crippen LogP contribution in [0.4, 0.5) is 24.8 Å². The Labute approximate surface area is 167 Å². The molecular formula is C22H24F3N3O. The van der Waals surface area contributed by atoms with Gasteiger partial charge < -0.3 is 14.6 Å². The number of hydrogen-bond acceptors (Lipinski definition) is 3. The Morgan fingerprint density at radius 3 is 2.28 bits per heavy atom. The van der Waals surface area contributed by atoms with Crippen LogP contribution in [-0.4, -0.2) is 15.9 Å². The molecule has 7 heteroatoms. The standard InChI is InChI=1S/C22H24F3N3O/c1-14-11-15(2)13-17(12-14)28-20-6-4-3-5-19(20)27-21(28)26-16-7-9-18(10-8-16)29-22(23,24)25/h3-10,14-15,17H,11-13H2,1-2H3,(H,26,27). The minimum atomic E-state index is -4.70. The zero-order chi connectivity index (χ0) is 20.6. The minimum absolute atomic E-state index is 0.244. The van der Waals surface area contributed by atoms with Crippen molar-refractivity contribution in [3.63, 3.8) is 0 Å². The number of hydrogen-bond donors (Lipinski definition) is 1. The molecule has 4 rings (SSSR count). The number of nitrogens with one attached hydrogen (secondary N) is 1. The highest BCUT2D eigenvalue weighted by molar-refractivity contribution is 5.80. The third-order valence-corrected chi connectivity index (χ3v) is 5.46. The first-order chi connectivity index (χ1) is 13.8. The smallest absolute Gasteiger partial charge is 0.406 e. The van der Waals surface area contributed by atoms with Gasteiger partial charge >= 0.3 is 6.36 Å². The topological polar surface area (TPSA) is 39.1 Å². The SMILES string of the molecule is CC1CC(C)CC(n2c(Nc3ccc(OC(F)(F)F)cc3)nc3ccccc32)C1. The van der Waals surface area contributed by atoms with Crippen molar-refractivity contribution in [1.82, 2.24) is 9.55 Å². The molecule has 1 saturated carbocycles. The van der Waals surface area contributed by atoms with E-state index < -0.39 is 6.36 Å². The number of ether oxygens (including phenoxy) is 1. The zero-order valence-electron chi connectivity index (χ0n) is 16.4. The number of aromatic nitrogens is 2. The summed E-state index contributed by atoms with van der Waals surface area (Å²) in [7, 11) is 0. The molecule has 0 bridgehead atoms. The summed E-state index contributed by atoms with van der Waals surface area (Å²) >= 11 is 0. The Bertz CT molecular complexity index is 971. The van der Waals surface area contributed by atoms with Crippen molar-refractivity contribution in [1.29, 1.82) is 0 Å². The third-order valence-electron chi connectivity index (χ3n) is 5.46. The normalized spacial score (nSPS) is 22.6. The van der Waals surface area contributed by atoms with E-state index in [2.05, 4.69) is 34.5 Å². The van der Waals surface area contributed by atoms with Gasteiger partial charge in [-0.25, -0.2) is 4.98 Å². The van der Waals surface area contributed by atoms with Gasteiger partial charge in [0.1, 0.15) is 5.75 Å². The van der Waals surface area contributed by atoms with Crippen molar-refractivity contribution in [3.05, 3.63) is 48.5 Å². The third kappa shape index (κ3) is 4.49. The van der Waals surface area contributed by atoms with Gasteiger partial charge in [0.05, 0.1) is 11.0 Å². The Morgan fingerprint density at radius 2 is 1.62 bits per heavy atom. The molecule has 3 aromatic rings. The summed E-state index contributed by atoms with van der Waals surface area (Å²) in [5.74, 6) is 1.74. The summed E-state index contributed by atoms with van der Waals surface area (Å²) < 4.78 is 43.3. The Kier molecular flexibility index (Phi) is 5.15. The summed E-state index contributed by atoms with van der Waals surface area (Å²) in [5.41, 5.74) is 2.63.